The van der Waals surface area contributed by atoms with E-state index in [1.807, 2.05) is 0 Å². The van der Waals surface area contributed by atoms with Gasteiger partial charge in [0.15, 0.2) is 0 Å². The van der Waals surface area contributed by atoms with Crippen molar-refractivity contribution >= 4 is 5.97 Å². The Labute approximate surface area is 58.7 Å². The third-order valence-corrected chi connectivity index (χ3v) is 1.44. The lowest BCUT2D eigenvalue weighted by Crippen LogP contribution is -2.41. The summed E-state index contributed by atoms with van der Waals surface area (Å²) in [5.41, 5.74) is 0. The van der Waals surface area contributed by atoms with Gasteiger partial charge in [0.1, 0.15) is 18.8 Å². The summed E-state index contributed by atoms with van der Waals surface area (Å²) < 4.78 is 9.69. The molecule has 0 saturated carbocycles. The number of aliphatic hydroxyl groups is 1. The zero-order chi connectivity index (χ0) is 7.56. The van der Waals surface area contributed by atoms with Gasteiger partial charge in [0.05, 0.1) is 6.61 Å². The molecule has 2 atom stereocenters. The van der Waals surface area contributed by atoms with Crippen molar-refractivity contribution in [2.24, 2.45) is 0 Å². The van der Waals surface area contributed by atoms with Gasteiger partial charge >= 0.3 is 5.97 Å². The van der Waals surface area contributed by atoms with Gasteiger partial charge < -0.3 is 14.6 Å². The predicted molar refractivity (Wildman–Crippen MR) is 32.4 cm³/mol. The van der Waals surface area contributed by atoms with Gasteiger partial charge in [-0.2, -0.15) is 0 Å². The fourth-order valence-electron chi connectivity index (χ4n) is 0.829. The molecule has 1 fully saturated rings. The van der Waals surface area contributed by atoms with Gasteiger partial charge in [0.25, 0.3) is 0 Å². The van der Waals surface area contributed by atoms with Crippen molar-refractivity contribution in [2.45, 2.75) is 19.1 Å². The van der Waals surface area contributed by atoms with Crippen molar-refractivity contribution in [3.63, 3.8) is 0 Å². The zero-order valence-electron chi connectivity index (χ0n) is 5.74. The maximum absolute atomic E-state index is 10.5. The second kappa shape index (κ2) is 2.98. The van der Waals surface area contributed by atoms with Gasteiger partial charge in [0.2, 0.25) is 0 Å². The van der Waals surface area contributed by atoms with Crippen LogP contribution in [-0.4, -0.2) is 36.5 Å². The van der Waals surface area contributed by atoms with E-state index in [1.165, 1.54) is 0 Å². The molecule has 0 aromatic carbocycles. The number of hydrogen-bond donors (Lipinski definition) is 1. The van der Waals surface area contributed by atoms with Crippen LogP contribution in [0.4, 0.5) is 0 Å². The third kappa shape index (κ3) is 1.46. The van der Waals surface area contributed by atoms with Crippen LogP contribution in [0.3, 0.4) is 0 Å². The lowest BCUT2D eigenvalue weighted by molar-refractivity contribution is -0.184. The highest BCUT2D eigenvalue weighted by Crippen LogP contribution is 2.09. The molecule has 0 radical (unpaired) electrons. The third-order valence-electron chi connectivity index (χ3n) is 1.44. The molecule has 58 valence electrons. The van der Waals surface area contributed by atoms with E-state index in [9.17, 15) is 4.79 Å². The predicted octanol–water partition coefficient (Wildman–Crippen LogP) is -0.691. The number of rotatable bonds is 1. The SMILES string of the molecule is CC1OC(=O)COC1CO. The fourth-order valence-corrected chi connectivity index (χ4v) is 0.829. The summed E-state index contributed by atoms with van der Waals surface area (Å²) >= 11 is 0. The van der Waals surface area contributed by atoms with Gasteiger partial charge in [-0.3, -0.25) is 0 Å². The first-order chi connectivity index (χ1) is 4.74. The van der Waals surface area contributed by atoms with E-state index in [2.05, 4.69) is 0 Å². The summed E-state index contributed by atoms with van der Waals surface area (Å²) in [6, 6.07) is 0. The summed E-state index contributed by atoms with van der Waals surface area (Å²) in [7, 11) is 0. The fraction of sp³-hybridized carbons (Fsp3) is 0.833. The molecule has 0 amide bonds. The first-order valence-electron chi connectivity index (χ1n) is 3.16. The first kappa shape index (κ1) is 7.50. The lowest BCUT2D eigenvalue weighted by Gasteiger charge is -2.26. The largest absolute Gasteiger partial charge is 0.458 e. The summed E-state index contributed by atoms with van der Waals surface area (Å²) in [5.74, 6) is -0.364. The first-order valence-corrected chi connectivity index (χ1v) is 3.16. The van der Waals surface area contributed by atoms with Crippen LogP contribution in [-0.2, 0) is 14.3 Å². The topological polar surface area (TPSA) is 55.8 Å². The molecule has 4 heteroatoms. The molecule has 0 aliphatic carbocycles. The van der Waals surface area contributed by atoms with Gasteiger partial charge in [-0.25, -0.2) is 4.79 Å². The van der Waals surface area contributed by atoms with Crippen molar-refractivity contribution in [1.82, 2.24) is 0 Å². The number of carbonyl (C=O) groups excluding carboxylic acids is 1. The van der Waals surface area contributed by atoms with Crippen LogP contribution in [0.2, 0.25) is 0 Å². The van der Waals surface area contributed by atoms with Crippen molar-refractivity contribution in [1.29, 1.82) is 0 Å². The monoisotopic (exact) mass is 146 g/mol. The van der Waals surface area contributed by atoms with Gasteiger partial charge in [-0.15, -0.1) is 0 Å². The minimum absolute atomic E-state index is 0.0461. The maximum Gasteiger partial charge on any atom is 0.332 e. The Balaban J connectivity index is 2.43. The van der Waals surface area contributed by atoms with Crippen molar-refractivity contribution in [3.05, 3.63) is 0 Å². The molecule has 4 nitrogen and oxygen atoms in total. The van der Waals surface area contributed by atoms with Crippen LogP contribution in [0.25, 0.3) is 0 Å². The molecular formula is C6H10O4. The highest BCUT2D eigenvalue weighted by atomic mass is 16.6. The lowest BCUT2D eigenvalue weighted by atomic mass is 10.2. The van der Waals surface area contributed by atoms with Crippen molar-refractivity contribution < 1.29 is 19.4 Å². The molecule has 1 aliphatic heterocycles. The van der Waals surface area contributed by atoms with Crippen LogP contribution in [0, 0.1) is 0 Å². The minimum atomic E-state index is -0.364. The van der Waals surface area contributed by atoms with Gasteiger partial charge in [-0.05, 0) is 6.92 Å². The Morgan fingerprint density at radius 3 is 3.00 bits per heavy atom. The molecule has 1 saturated heterocycles. The van der Waals surface area contributed by atoms with Crippen LogP contribution in [0.1, 0.15) is 6.92 Å². The quantitative estimate of drug-likeness (QED) is 0.497. The Bertz CT molecular complexity index is 134. The number of hydrogen-bond acceptors (Lipinski definition) is 4. The van der Waals surface area contributed by atoms with Crippen LogP contribution in [0.15, 0.2) is 0 Å². The molecule has 0 spiro atoms. The smallest absolute Gasteiger partial charge is 0.332 e. The Hall–Kier alpha value is -0.610. The van der Waals surface area contributed by atoms with E-state index >= 15 is 0 Å². The van der Waals surface area contributed by atoms with Crippen LogP contribution < -0.4 is 0 Å². The highest BCUT2D eigenvalue weighted by Gasteiger charge is 2.26. The van der Waals surface area contributed by atoms with Gasteiger partial charge in [0, 0.05) is 0 Å². The molecule has 1 rings (SSSR count). The van der Waals surface area contributed by atoms with E-state index < -0.39 is 0 Å². The normalized spacial score (nSPS) is 33.6. The van der Waals surface area contributed by atoms with Crippen molar-refractivity contribution in [2.75, 3.05) is 13.2 Å². The van der Waals surface area contributed by atoms with E-state index in [1.54, 1.807) is 6.92 Å². The second-order valence-corrected chi connectivity index (χ2v) is 2.23. The molecular weight excluding hydrogens is 136 g/mol. The van der Waals surface area contributed by atoms with Gasteiger partial charge in [-0.1, -0.05) is 0 Å². The zero-order valence-corrected chi connectivity index (χ0v) is 5.74. The highest BCUT2D eigenvalue weighted by molar-refractivity contribution is 5.71. The molecule has 0 aromatic rings. The Morgan fingerprint density at radius 1 is 1.80 bits per heavy atom. The number of ether oxygens (including phenoxy) is 2. The van der Waals surface area contributed by atoms with E-state index in [-0.39, 0.29) is 31.4 Å². The number of cyclic esters (lactones) is 1. The number of esters is 1. The van der Waals surface area contributed by atoms with E-state index in [0.29, 0.717) is 0 Å². The summed E-state index contributed by atoms with van der Waals surface area (Å²) in [6.45, 7) is 1.54. The average molecular weight is 146 g/mol. The van der Waals surface area contributed by atoms with Crippen LogP contribution in [0.5, 0.6) is 0 Å². The summed E-state index contributed by atoms with van der Waals surface area (Å²) in [4.78, 5) is 10.5. The van der Waals surface area contributed by atoms with E-state index in [4.69, 9.17) is 14.6 Å². The van der Waals surface area contributed by atoms with Crippen LogP contribution >= 0.6 is 0 Å². The average Bonchev–Trinajstić information content (AvgIpc) is 1.88. The summed E-state index contributed by atoms with van der Waals surface area (Å²) in [5, 5.41) is 8.63. The standard InChI is InChI=1S/C6H10O4/c1-4-5(2-7)9-3-6(8)10-4/h4-5,7H,2-3H2,1H3. The molecule has 2 unspecified atom stereocenters. The molecule has 1 N–H and O–H groups in total. The minimum Gasteiger partial charge on any atom is -0.458 e. The molecule has 1 aliphatic rings. The molecule has 0 bridgehead atoms. The molecule has 10 heavy (non-hydrogen) atoms. The molecule has 1 heterocycles. The summed E-state index contributed by atoms with van der Waals surface area (Å²) in [6.07, 6.45) is -0.677. The Morgan fingerprint density at radius 2 is 2.50 bits per heavy atom. The molecule has 0 aromatic heterocycles. The number of aliphatic hydroxyl groups excluding tert-OH is 1. The van der Waals surface area contributed by atoms with E-state index in [0.717, 1.165) is 0 Å². The number of carbonyl (C=O) groups is 1. The Kier molecular flexibility index (Phi) is 2.24. The van der Waals surface area contributed by atoms with Crippen molar-refractivity contribution in [3.8, 4) is 0 Å². The maximum atomic E-state index is 10.5. The second-order valence-electron chi connectivity index (χ2n) is 2.23.